The first-order valence-corrected chi connectivity index (χ1v) is 8.85. The fourth-order valence-electron chi connectivity index (χ4n) is 3.01. The van der Waals surface area contributed by atoms with Crippen LogP contribution in [0, 0.1) is 16.0 Å². The van der Waals surface area contributed by atoms with Crippen LogP contribution in [0.1, 0.15) is 31.2 Å². The fourth-order valence-corrected chi connectivity index (χ4v) is 4.02. The maximum atomic E-state index is 12.5. The lowest BCUT2D eigenvalue weighted by Crippen LogP contribution is -2.36. The summed E-state index contributed by atoms with van der Waals surface area (Å²) in [6, 6.07) is 6.52. The van der Waals surface area contributed by atoms with Crippen LogP contribution in [0.3, 0.4) is 0 Å². The third kappa shape index (κ3) is 3.72. The largest absolute Gasteiger partial charge is 0.289 e. The smallest absolute Gasteiger partial charge is 0.269 e. The predicted molar refractivity (Wildman–Crippen MR) is 90.4 cm³/mol. The Morgan fingerprint density at radius 2 is 2.00 bits per heavy atom. The van der Waals surface area contributed by atoms with E-state index in [2.05, 4.69) is 4.99 Å². The SMILES string of the molecule is O=C(C1CCCC1)N1CCN=C1SCc1ccc([N+](=O)[O-])cc1. The molecule has 122 valence electrons. The number of amides is 1. The molecule has 1 aliphatic carbocycles. The number of aliphatic imine (C=N–C) groups is 1. The van der Waals surface area contributed by atoms with Gasteiger partial charge in [-0.3, -0.25) is 24.8 Å². The van der Waals surface area contributed by atoms with E-state index in [-0.39, 0.29) is 17.5 Å². The first-order chi connectivity index (χ1) is 11.1. The van der Waals surface area contributed by atoms with Gasteiger partial charge in [0.1, 0.15) is 0 Å². The number of nitro benzene ring substituents is 1. The molecule has 1 saturated carbocycles. The Balaban J connectivity index is 1.58. The van der Waals surface area contributed by atoms with Crippen molar-refractivity contribution in [3.8, 4) is 0 Å². The average molecular weight is 333 g/mol. The Morgan fingerprint density at radius 1 is 1.30 bits per heavy atom. The maximum Gasteiger partial charge on any atom is 0.269 e. The zero-order valence-electron chi connectivity index (χ0n) is 12.8. The number of amidine groups is 1. The highest BCUT2D eigenvalue weighted by atomic mass is 32.2. The Bertz CT molecular complexity index is 624. The van der Waals surface area contributed by atoms with E-state index < -0.39 is 4.92 Å². The van der Waals surface area contributed by atoms with Gasteiger partial charge in [0, 0.05) is 30.3 Å². The number of hydrogen-bond acceptors (Lipinski definition) is 5. The van der Waals surface area contributed by atoms with Crippen LogP contribution < -0.4 is 0 Å². The van der Waals surface area contributed by atoms with Crippen LogP contribution in [0.2, 0.25) is 0 Å². The highest BCUT2D eigenvalue weighted by Crippen LogP contribution is 2.29. The maximum absolute atomic E-state index is 12.5. The molecule has 3 rings (SSSR count). The molecule has 1 aliphatic heterocycles. The molecule has 7 heteroatoms. The van der Waals surface area contributed by atoms with Gasteiger partial charge in [0.05, 0.1) is 11.5 Å². The van der Waals surface area contributed by atoms with Gasteiger partial charge < -0.3 is 0 Å². The number of nitrogens with zero attached hydrogens (tertiary/aromatic N) is 3. The minimum Gasteiger partial charge on any atom is -0.289 e. The monoisotopic (exact) mass is 333 g/mol. The zero-order valence-corrected chi connectivity index (χ0v) is 13.6. The zero-order chi connectivity index (χ0) is 16.2. The van der Waals surface area contributed by atoms with E-state index in [0.29, 0.717) is 18.8 Å². The first kappa shape index (κ1) is 16.0. The molecular formula is C16H19N3O3S. The molecule has 1 heterocycles. The summed E-state index contributed by atoms with van der Waals surface area (Å²) in [5.41, 5.74) is 1.08. The van der Waals surface area contributed by atoms with Gasteiger partial charge in [0.2, 0.25) is 5.91 Å². The van der Waals surface area contributed by atoms with Crippen LogP contribution >= 0.6 is 11.8 Å². The summed E-state index contributed by atoms with van der Waals surface area (Å²) in [6.07, 6.45) is 4.28. The van der Waals surface area contributed by atoms with Crippen LogP contribution in [0.15, 0.2) is 29.3 Å². The molecule has 0 unspecified atom stereocenters. The number of hydrogen-bond donors (Lipinski definition) is 0. The summed E-state index contributed by atoms with van der Waals surface area (Å²) in [5.74, 6) is 1.04. The third-order valence-electron chi connectivity index (χ3n) is 4.29. The summed E-state index contributed by atoms with van der Waals surface area (Å²) < 4.78 is 0. The number of non-ortho nitro benzene ring substituents is 1. The molecule has 1 amide bonds. The predicted octanol–water partition coefficient (Wildman–Crippen LogP) is 3.22. The highest BCUT2D eigenvalue weighted by Gasteiger charge is 2.31. The van der Waals surface area contributed by atoms with Crippen LogP contribution in [0.5, 0.6) is 0 Å². The van der Waals surface area contributed by atoms with Gasteiger partial charge in [0.15, 0.2) is 5.17 Å². The van der Waals surface area contributed by atoms with E-state index >= 15 is 0 Å². The lowest BCUT2D eigenvalue weighted by atomic mass is 10.1. The van der Waals surface area contributed by atoms with E-state index in [4.69, 9.17) is 0 Å². The molecule has 1 aromatic rings. The third-order valence-corrected chi connectivity index (χ3v) is 5.37. The molecule has 0 radical (unpaired) electrons. The Kier molecular flexibility index (Phi) is 4.95. The van der Waals surface area contributed by atoms with Gasteiger partial charge in [0.25, 0.3) is 5.69 Å². The van der Waals surface area contributed by atoms with E-state index in [9.17, 15) is 14.9 Å². The normalized spacial score (nSPS) is 18.3. The van der Waals surface area contributed by atoms with Crippen molar-refractivity contribution in [3.63, 3.8) is 0 Å². The molecule has 0 atom stereocenters. The highest BCUT2D eigenvalue weighted by molar-refractivity contribution is 8.13. The standard InChI is InChI=1S/C16H19N3O3S/c20-15(13-3-1-2-4-13)18-10-9-17-16(18)23-11-12-5-7-14(8-6-12)19(21)22/h5-8,13H,1-4,9-11H2. The van der Waals surface area contributed by atoms with Crippen LogP contribution in [0.4, 0.5) is 5.69 Å². The summed E-state index contributed by atoms with van der Waals surface area (Å²) >= 11 is 1.53. The first-order valence-electron chi connectivity index (χ1n) is 7.87. The van der Waals surface area contributed by atoms with Crippen molar-refractivity contribution >= 4 is 28.5 Å². The topological polar surface area (TPSA) is 75.8 Å². The van der Waals surface area contributed by atoms with Gasteiger partial charge in [-0.25, -0.2) is 0 Å². The second-order valence-electron chi connectivity index (χ2n) is 5.85. The lowest BCUT2D eigenvalue weighted by Gasteiger charge is -2.21. The number of rotatable bonds is 4. The molecule has 1 fully saturated rings. The Morgan fingerprint density at radius 3 is 2.65 bits per heavy atom. The van der Waals surface area contributed by atoms with Gasteiger partial charge >= 0.3 is 0 Å². The minimum absolute atomic E-state index is 0.0926. The van der Waals surface area contributed by atoms with Crippen molar-refractivity contribution in [3.05, 3.63) is 39.9 Å². The van der Waals surface area contributed by atoms with Crippen molar-refractivity contribution in [2.75, 3.05) is 13.1 Å². The molecule has 23 heavy (non-hydrogen) atoms. The molecule has 0 spiro atoms. The number of carbonyl (C=O) groups excluding carboxylic acids is 1. The van der Waals surface area contributed by atoms with E-state index in [1.54, 1.807) is 12.1 Å². The van der Waals surface area contributed by atoms with Crippen molar-refractivity contribution < 1.29 is 9.72 Å². The number of benzene rings is 1. The van der Waals surface area contributed by atoms with Crippen LogP contribution in [-0.2, 0) is 10.5 Å². The molecule has 1 aromatic carbocycles. The number of thioether (sulfide) groups is 1. The van der Waals surface area contributed by atoms with E-state index in [0.717, 1.165) is 36.4 Å². The second-order valence-corrected chi connectivity index (χ2v) is 6.79. The van der Waals surface area contributed by atoms with Gasteiger partial charge in [-0.05, 0) is 18.4 Å². The lowest BCUT2D eigenvalue weighted by molar-refractivity contribution is -0.384. The summed E-state index contributed by atoms with van der Waals surface area (Å²) in [6.45, 7) is 1.35. The molecule has 6 nitrogen and oxygen atoms in total. The molecule has 0 saturated heterocycles. The molecule has 0 N–H and O–H groups in total. The number of carbonyl (C=O) groups is 1. The van der Waals surface area contributed by atoms with Crippen LogP contribution in [0.25, 0.3) is 0 Å². The van der Waals surface area contributed by atoms with Gasteiger partial charge in [-0.1, -0.05) is 36.7 Å². The molecular weight excluding hydrogens is 314 g/mol. The second kappa shape index (κ2) is 7.12. The molecule has 0 bridgehead atoms. The van der Waals surface area contributed by atoms with Gasteiger partial charge in [-0.15, -0.1) is 0 Å². The molecule has 0 aromatic heterocycles. The van der Waals surface area contributed by atoms with Crippen molar-refractivity contribution in [1.82, 2.24) is 4.90 Å². The van der Waals surface area contributed by atoms with E-state index in [1.165, 1.54) is 23.9 Å². The quantitative estimate of drug-likeness (QED) is 0.626. The minimum atomic E-state index is -0.403. The Hall–Kier alpha value is -1.89. The fraction of sp³-hybridized carbons (Fsp3) is 0.500. The van der Waals surface area contributed by atoms with Crippen molar-refractivity contribution in [2.24, 2.45) is 10.9 Å². The van der Waals surface area contributed by atoms with Crippen LogP contribution in [-0.4, -0.2) is 34.0 Å². The summed E-state index contributed by atoms with van der Waals surface area (Å²) in [5, 5.41) is 11.5. The van der Waals surface area contributed by atoms with Crippen molar-refractivity contribution in [2.45, 2.75) is 31.4 Å². The average Bonchev–Trinajstić information content (AvgIpc) is 3.24. The van der Waals surface area contributed by atoms with Crippen molar-refractivity contribution in [1.29, 1.82) is 0 Å². The van der Waals surface area contributed by atoms with Gasteiger partial charge in [-0.2, -0.15) is 0 Å². The molecule has 2 aliphatic rings. The summed E-state index contributed by atoms with van der Waals surface area (Å²) in [4.78, 5) is 29.1. The summed E-state index contributed by atoms with van der Waals surface area (Å²) in [7, 11) is 0. The Labute approximate surface area is 139 Å². The van der Waals surface area contributed by atoms with E-state index in [1.807, 2.05) is 4.90 Å². The number of nitro groups is 1.